The molecule has 0 radical (unpaired) electrons. The predicted molar refractivity (Wildman–Crippen MR) is 85.2 cm³/mol. The Hall–Kier alpha value is -2.53. The molecule has 0 bridgehead atoms. The van der Waals surface area contributed by atoms with Crippen LogP contribution in [0.3, 0.4) is 0 Å². The Balaban J connectivity index is 2.16. The Bertz CT molecular complexity index is 808. The van der Waals surface area contributed by atoms with Crippen molar-refractivity contribution in [2.75, 3.05) is 6.26 Å². The summed E-state index contributed by atoms with van der Waals surface area (Å²) in [6.07, 6.45) is 1.59. The fourth-order valence-electron chi connectivity index (χ4n) is 2.42. The third-order valence-corrected chi connectivity index (χ3v) is 4.40. The lowest BCUT2D eigenvalue weighted by molar-refractivity contribution is -0.122. The summed E-state index contributed by atoms with van der Waals surface area (Å²) >= 11 is 0. The van der Waals surface area contributed by atoms with Gasteiger partial charge in [-0.3, -0.25) is 19.1 Å². The van der Waals surface area contributed by atoms with Gasteiger partial charge in [-0.1, -0.05) is 42.5 Å². The Morgan fingerprint density at radius 3 is 1.77 bits per heavy atom. The monoisotopic (exact) mass is 311 g/mol. The molecule has 1 heterocycles. The Morgan fingerprint density at radius 1 is 0.773 bits per heavy atom. The molecule has 0 fully saturated rings. The van der Waals surface area contributed by atoms with Crippen molar-refractivity contribution >= 4 is 33.8 Å². The molecule has 0 aromatic heterocycles. The van der Waals surface area contributed by atoms with E-state index < -0.39 is 22.6 Å². The minimum absolute atomic E-state index is 0.352. The molecule has 110 valence electrons. The van der Waals surface area contributed by atoms with Gasteiger partial charge < -0.3 is 0 Å². The van der Waals surface area contributed by atoms with E-state index in [-0.39, 0.29) is 0 Å². The summed E-state index contributed by atoms with van der Waals surface area (Å²) in [5, 5.41) is 2.34. The number of carbonyl (C=O) groups is 2. The predicted octanol–water partition coefficient (Wildman–Crippen LogP) is 1.99. The Morgan fingerprint density at radius 2 is 1.27 bits per heavy atom. The molecule has 1 atom stereocenters. The van der Waals surface area contributed by atoms with Crippen LogP contribution >= 0.6 is 0 Å². The van der Waals surface area contributed by atoms with Crippen molar-refractivity contribution in [2.24, 2.45) is 0 Å². The summed E-state index contributed by atoms with van der Waals surface area (Å²) in [6.45, 7) is 0. The van der Waals surface area contributed by atoms with Crippen LogP contribution in [-0.4, -0.2) is 22.3 Å². The smallest absolute Gasteiger partial charge is 0.259 e. The maximum atomic E-state index is 12.1. The van der Waals surface area contributed by atoms with Gasteiger partial charge in [-0.2, -0.15) is 0 Å². The summed E-state index contributed by atoms with van der Waals surface area (Å²) in [7, 11) is -1.08. The minimum Gasteiger partial charge on any atom is -0.288 e. The van der Waals surface area contributed by atoms with Crippen LogP contribution in [0, 0.1) is 0 Å². The maximum Gasteiger partial charge on any atom is 0.259 e. The SMILES string of the molecule is CS(=O)c1ccc(C2=C(c3ccccc3)C(=O)NC2=O)cc1. The number of carbonyl (C=O) groups excluding carboxylic acids is 2. The van der Waals surface area contributed by atoms with E-state index in [9.17, 15) is 13.8 Å². The molecule has 0 aliphatic carbocycles. The van der Waals surface area contributed by atoms with Crippen LogP contribution in [0.4, 0.5) is 0 Å². The molecule has 0 saturated heterocycles. The zero-order valence-corrected chi connectivity index (χ0v) is 12.6. The molecule has 1 unspecified atom stereocenters. The van der Waals surface area contributed by atoms with Crippen molar-refractivity contribution in [3.63, 3.8) is 0 Å². The first-order chi connectivity index (χ1) is 10.6. The van der Waals surface area contributed by atoms with Gasteiger partial charge >= 0.3 is 0 Å². The summed E-state index contributed by atoms with van der Waals surface area (Å²) in [4.78, 5) is 24.9. The van der Waals surface area contributed by atoms with Gasteiger partial charge in [0.2, 0.25) is 0 Å². The van der Waals surface area contributed by atoms with Gasteiger partial charge in [-0.25, -0.2) is 0 Å². The van der Waals surface area contributed by atoms with Crippen LogP contribution in [0.1, 0.15) is 11.1 Å². The quantitative estimate of drug-likeness (QED) is 0.882. The molecule has 3 rings (SSSR count). The van der Waals surface area contributed by atoms with E-state index in [0.717, 1.165) is 0 Å². The number of nitrogens with one attached hydrogen (secondary N) is 1. The normalized spacial score (nSPS) is 15.9. The average Bonchev–Trinajstić information content (AvgIpc) is 2.82. The van der Waals surface area contributed by atoms with Crippen LogP contribution in [-0.2, 0) is 20.4 Å². The fourth-order valence-corrected chi connectivity index (χ4v) is 2.94. The summed E-state index contributed by atoms with van der Waals surface area (Å²) in [6, 6.07) is 15.9. The Kier molecular flexibility index (Phi) is 3.73. The standard InChI is InChI=1S/C17H13NO3S/c1-22(21)13-9-7-12(8-10-13)15-14(16(19)18-17(15)20)11-5-3-2-4-6-11/h2-10H,1H3,(H,18,19,20). The molecule has 2 aromatic rings. The zero-order chi connectivity index (χ0) is 15.7. The third kappa shape index (κ3) is 2.51. The van der Waals surface area contributed by atoms with E-state index in [1.807, 2.05) is 18.2 Å². The zero-order valence-electron chi connectivity index (χ0n) is 11.8. The highest BCUT2D eigenvalue weighted by atomic mass is 32.2. The lowest BCUT2D eigenvalue weighted by Crippen LogP contribution is -2.22. The van der Waals surface area contributed by atoms with Crippen molar-refractivity contribution in [2.45, 2.75) is 4.90 Å². The second-order valence-corrected chi connectivity index (χ2v) is 6.26. The summed E-state index contributed by atoms with van der Waals surface area (Å²) in [5.74, 6) is -0.802. The van der Waals surface area contributed by atoms with Gasteiger partial charge in [-0.15, -0.1) is 0 Å². The van der Waals surface area contributed by atoms with Crippen LogP contribution in [0.25, 0.3) is 11.1 Å². The number of hydrogen-bond acceptors (Lipinski definition) is 3. The highest BCUT2D eigenvalue weighted by Gasteiger charge is 2.31. The molecule has 2 amide bonds. The van der Waals surface area contributed by atoms with Crippen molar-refractivity contribution in [1.29, 1.82) is 0 Å². The largest absolute Gasteiger partial charge is 0.288 e. The molecule has 0 spiro atoms. The first kappa shape index (κ1) is 14.4. The molecule has 2 aromatic carbocycles. The maximum absolute atomic E-state index is 12.1. The number of benzene rings is 2. The summed E-state index contributed by atoms with van der Waals surface area (Å²) in [5.41, 5.74) is 2.06. The number of hydrogen-bond donors (Lipinski definition) is 1. The van der Waals surface area contributed by atoms with E-state index >= 15 is 0 Å². The van der Waals surface area contributed by atoms with E-state index in [1.54, 1.807) is 42.7 Å². The van der Waals surface area contributed by atoms with Gasteiger partial charge in [0.05, 0.1) is 11.1 Å². The highest BCUT2D eigenvalue weighted by molar-refractivity contribution is 7.84. The molecule has 1 aliphatic heterocycles. The number of amides is 2. The van der Waals surface area contributed by atoms with Crippen LogP contribution < -0.4 is 5.32 Å². The van der Waals surface area contributed by atoms with Crippen molar-refractivity contribution < 1.29 is 13.8 Å². The van der Waals surface area contributed by atoms with Gasteiger partial charge in [0.15, 0.2) is 0 Å². The summed E-state index contributed by atoms with van der Waals surface area (Å²) < 4.78 is 11.4. The fraction of sp³-hybridized carbons (Fsp3) is 0.0588. The lowest BCUT2D eigenvalue weighted by atomic mass is 9.96. The number of imide groups is 1. The molecule has 1 aliphatic rings. The third-order valence-electron chi connectivity index (χ3n) is 3.47. The lowest BCUT2D eigenvalue weighted by Gasteiger charge is -2.05. The van der Waals surface area contributed by atoms with Crippen molar-refractivity contribution in [1.82, 2.24) is 5.32 Å². The van der Waals surface area contributed by atoms with Crippen LogP contribution in [0.5, 0.6) is 0 Å². The molecule has 4 nitrogen and oxygen atoms in total. The average molecular weight is 311 g/mol. The van der Waals surface area contributed by atoms with Gasteiger partial charge in [0.25, 0.3) is 11.8 Å². The second kappa shape index (κ2) is 5.69. The Labute approximate surface area is 130 Å². The topological polar surface area (TPSA) is 63.2 Å². The molecule has 22 heavy (non-hydrogen) atoms. The first-order valence-corrected chi connectivity index (χ1v) is 8.23. The van der Waals surface area contributed by atoms with E-state index in [4.69, 9.17) is 0 Å². The van der Waals surface area contributed by atoms with E-state index in [1.165, 1.54) is 0 Å². The molecular weight excluding hydrogens is 298 g/mol. The molecular formula is C17H13NO3S. The van der Waals surface area contributed by atoms with Crippen LogP contribution in [0.2, 0.25) is 0 Å². The first-order valence-electron chi connectivity index (χ1n) is 6.67. The van der Waals surface area contributed by atoms with Crippen LogP contribution in [0.15, 0.2) is 59.5 Å². The van der Waals surface area contributed by atoms with Crippen molar-refractivity contribution in [3.05, 3.63) is 65.7 Å². The van der Waals surface area contributed by atoms with E-state index in [2.05, 4.69) is 5.32 Å². The minimum atomic E-state index is -1.08. The second-order valence-electron chi connectivity index (χ2n) is 4.88. The molecule has 0 saturated carbocycles. The van der Waals surface area contributed by atoms with Gasteiger partial charge in [0.1, 0.15) is 0 Å². The van der Waals surface area contributed by atoms with Crippen molar-refractivity contribution in [3.8, 4) is 0 Å². The van der Waals surface area contributed by atoms with Gasteiger partial charge in [0, 0.05) is 22.0 Å². The van der Waals surface area contributed by atoms with E-state index in [0.29, 0.717) is 27.2 Å². The highest BCUT2D eigenvalue weighted by Crippen LogP contribution is 2.31. The molecule has 5 heteroatoms. The molecule has 1 N–H and O–H groups in total. The number of rotatable bonds is 3. The van der Waals surface area contributed by atoms with Gasteiger partial charge in [-0.05, 0) is 23.3 Å².